The van der Waals surface area contributed by atoms with E-state index in [1.807, 2.05) is 6.07 Å². The molecule has 2 amide bonds. The van der Waals surface area contributed by atoms with Crippen molar-refractivity contribution in [2.75, 3.05) is 26.7 Å². The molecular formula is C13H18ClN3O2. The number of rotatable bonds is 4. The molecule has 1 aliphatic heterocycles. The summed E-state index contributed by atoms with van der Waals surface area (Å²) >= 11 is 0. The molecule has 0 radical (unpaired) electrons. The Morgan fingerprint density at radius 2 is 1.95 bits per heavy atom. The van der Waals surface area contributed by atoms with Crippen LogP contribution in [0, 0.1) is 0 Å². The van der Waals surface area contributed by atoms with Gasteiger partial charge in [-0.2, -0.15) is 0 Å². The van der Waals surface area contributed by atoms with Gasteiger partial charge in [-0.25, -0.2) is 0 Å². The largest absolute Gasteiger partial charge is 0.343 e. The molecule has 1 aromatic carbocycles. The summed E-state index contributed by atoms with van der Waals surface area (Å²) in [4.78, 5) is 25.2. The fraction of sp³-hybridized carbons (Fsp3) is 0.385. The third-order valence-corrected chi connectivity index (χ3v) is 3.14. The van der Waals surface area contributed by atoms with E-state index in [2.05, 4.69) is 10.6 Å². The number of hydrogen-bond acceptors (Lipinski definition) is 3. The van der Waals surface area contributed by atoms with Gasteiger partial charge in [-0.05, 0) is 12.1 Å². The first-order valence-electron chi connectivity index (χ1n) is 5.98. The van der Waals surface area contributed by atoms with Gasteiger partial charge in [0.25, 0.3) is 5.91 Å². The second kappa shape index (κ2) is 7.11. The fourth-order valence-electron chi connectivity index (χ4n) is 1.72. The fourth-order valence-corrected chi connectivity index (χ4v) is 1.72. The molecule has 2 rings (SSSR count). The molecule has 1 saturated heterocycles. The van der Waals surface area contributed by atoms with E-state index >= 15 is 0 Å². The van der Waals surface area contributed by atoms with Gasteiger partial charge in [-0.1, -0.05) is 18.2 Å². The van der Waals surface area contributed by atoms with Crippen molar-refractivity contribution in [3.63, 3.8) is 0 Å². The topological polar surface area (TPSA) is 61.4 Å². The highest BCUT2D eigenvalue weighted by Crippen LogP contribution is 2.02. The molecule has 0 saturated carbocycles. The lowest BCUT2D eigenvalue weighted by molar-refractivity contribution is -0.131. The number of likely N-dealkylation sites (N-methyl/N-ethyl adjacent to an activating group) is 1. The predicted octanol–water partition coefficient (Wildman–Crippen LogP) is 0.268. The van der Waals surface area contributed by atoms with Gasteiger partial charge in [0.1, 0.15) is 0 Å². The van der Waals surface area contributed by atoms with Crippen molar-refractivity contribution in [3.8, 4) is 0 Å². The van der Waals surface area contributed by atoms with E-state index in [0.717, 1.165) is 13.1 Å². The van der Waals surface area contributed by atoms with Gasteiger partial charge >= 0.3 is 0 Å². The molecule has 1 aromatic rings. The first-order chi connectivity index (χ1) is 8.68. The summed E-state index contributed by atoms with van der Waals surface area (Å²) < 4.78 is 0. The summed E-state index contributed by atoms with van der Waals surface area (Å²) in [5, 5.41) is 5.74. The van der Waals surface area contributed by atoms with Crippen LogP contribution in [0.5, 0.6) is 0 Å². The highest BCUT2D eigenvalue weighted by atomic mass is 35.5. The van der Waals surface area contributed by atoms with E-state index < -0.39 is 0 Å². The standard InChI is InChI=1S/C13H17N3O2.ClH/c1-16(11-7-14-8-11)12(17)9-15-13(18)10-5-3-2-4-6-10;/h2-6,11,14H,7-9H2,1H3,(H,15,18);1H. The quantitative estimate of drug-likeness (QED) is 0.834. The zero-order chi connectivity index (χ0) is 13.0. The Labute approximate surface area is 118 Å². The van der Waals surface area contributed by atoms with Crippen LogP contribution in [0.3, 0.4) is 0 Å². The van der Waals surface area contributed by atoms with Crippen molar-refractivity contribution >= 4 is 24.2 Å². The molecule has 1 aliphatic rings. The number of nitrogens with zero attached hydrogens (tertiary/aromatic N) is 1. The van der Waals surface area contributed by atoms with E-state index in [1.165, 1.54) is 0 Å². The molecular weight excluding hydrogens is 266 g/mol. The number of carbonyl (C=O) groups excluding carboxylic acids is 2. The van der Waals surface area contributed by atoms with Crippen LogP contribution in [0.2, 0.25) is 0 Å². The van der Waals surface area contributed by atoms with Gasteiger partial charge < -0.3 is 15.5 Å². The maximum Gasteiger partial charge on any atom is 0.251 e. The summed E-state index contributed by atoms with van der Waals surface area (Å²) in [6.45, 7) is 1.70. The van der Waals surface area contributed by atoms with Crippen LogP contribution in [-0.2, 0) is 4.79 Å². The predicted molar refractivity (Wildman–Crippen MR) is 75.5 cm³/mol. The van der Waals surface area contributed by atoms with Gasteiger partial charge in [-0.3, -0.25) is 9.59 Å². The Hall–Kier alpha value is -1.59. The summed E-state index contributed by atoms with van der Waals surface area (Å²) in [6, 6.07) is 9.13. The van der Waals surface area contributed by atoms with E-state index in [-0.39, 0.29) is 36.8 Å². The molecule has 0 aliphatic carbocycles. The second-order valence-corrected chi connectivity index (χ2v) is 4.37. The van der Waals surface area contributed by atoms with Crippen molar-refractivity contribution in [1.82, 2.24) is 15.5 Å². The Morgan fingerprint density at radius 3 is 2.47 bits per heavy atom. The Kier molecular flexibility index (Phi) is 5.79. The Morgan fingerprint density at radius 1 is 1.32 bits per heavy atom. The number of nitrogens with one attached hydrogen (secondary N) is 2. The Bertz CT molecular complexity index is 435. The van der Waals surface area contributed by atoms with Crippen molar-refractivity contribution in [1.29, 1.82) is 0 Å². The van der Waals surface area contributed by atoms with Crippen LogP contribution in [0.1, 0.15) is 10.4 Å². The molecule has 6 heteroatoms. The van der Waals surface area contributed by atoms with Crippen molar-refractivity contribution < 1.29 is 9.59 Å². The molecule has 0 unspecified atom stereocenters. The average Bonchev–Trinajstić information content (AvgIpc) is 2.34. The van der Waals surface area contributed by atoms with Crippen LogP contribution >= 0.6 is 12.4 Å². The van der Waals surface area contributed by atoms with Crippen LogP contribution in [-0.4, -0.2) is 49.4 Å². The van der Waals surface area contributed by atoms with Gasteiger partial charge in [0.15, 0.2) is 0 Å². The zero-order valence-electron chi connectivity index (χ0n) is 10.8. The minimum absolute atomic E-state index is 0. The SMILES string of the molecule is CN(C(=O)CNC(=O)c1ccccc1)C1CNC1.Cl. The van der Waals surface area contributed by atoms with Crippen LogP contribution < -0.4 is 10.6 Å². The molecule has 0 bridgehead atoms. The number of halogens is 1. The molecule has 1 fully saturated rings. The lowest BCUT2D eigenvalue weighted by atomic mass is 10.1. The van der Waals surface area contributed by atoms with Crippen molar-refractivity contribution in [2.45, 2.75) is 6.04 Å². The molecule has 1 heterocycles. The highest BCUT2D eigenvalue weighted by Gasteiger charge is 2.25. The minimum atomic E-state index is -0.218. The number of hydrogen-bond donors (Lipinski definition) is 2. The first kappa shape index (κ1) is 15.5. The maximum atomic E-state index is 11.8. The van der Waals surface area contributed by atoms with Gasteiger partial charge in [-0.15, -0.1) is 12.4 Å². The molecule has 0 atom stereocenters. The lowest BCUT2D eigenvalue weighted by Gasteiger charge is -2.35. The van der Waals surface area contributed by atoms with Crippen molar-refractivity contribution in [3.05, 3.63) is 35.9 Å². The van der Waals surface area contributed by atoms with Gasteiger partial charge in [0.05, 0.1) is 12.6 Å². The first-order valence-corrected chi connectivity index (χ1v) is 5.98. The number of carbonyl (C=O) groups is 2. The summed E-state index contributed by atoms with van der Waals surface area (Å²) in [5.41, 5.74) is 0.568. The van der Waals surface area contributed by atoms with Gasteiger partial charge in [0, 0.05) is 25.7 Å². The van der Waals surface area contributed by atoms with Crippen molar-refractivity contribution in [2.24, 2.45) is 0 Å². The number of benzene rings is 1. The van der Waals surface area contributed by atoms with E-state index in [1.54, 1.807) is 36.2 Å². The molecule has 104 valence electrons. The monoisotopic (exact) mass is 283 g/mol. The van der Waals surface area contributed by atoms with E-state index in [4.69, 9.17) is 0 Å². The smallest absolute Gasteiger partial charge is 0.251 e. The van der Waals surface area contributed by atoms with Crippen LogP contribution in [0.15, 0.2) is 30.3 Å². The summed E-state index contributed by atoms with van der Waals surface area (Å²) in [5.74, 6) is -0.283. The average molecular weight is 284 g/mol. The third kappa shape index (κ3) is 3.94. The normalized spacial score (nSPS) is 13.9. The van der Waals surface area contributed by atoms with E-state index in [0.29, 0.717) is 5.56 Å². The van der Waals surface area contributed by atoms with E-state index in [9.17, 15) is 9.59 Å². The Balaban J connectivity index is 0.00000180. The number of amides is 2. The lowest BCUT2D eigenvalue weighted by Crippen LogP contribution is -2.58. The second-order valence-electron chi connectivity index (χ2n) is 4.37. The van der Waals surface area contributed by atoms with Gasteiger partial charge in [0.2, 0.25) is 5.91 Å². The molecule has 2 N–H and O–H groups in total. The highest BCUT2D eigenvalue weighted by molar-refractivity contribution is 5.96. The zero-order valence-corrected chi connectivity index (χ0v) is 11.6. The maximum absolute atomic E-state index is 11.8. The van der Waals surface area contributed by atoms with Crippen LogP contribution in [0.25, 0.3) is 0 Å². The minimum Gasteiger partial charge on any atom is -0.343 e. The molecule has 5 nitrogen and oxygen atoms in total. The molecule has 0 aromatic heterocycles. The summed E-state index contributed by atoms with van der Waals surface area (Å²) in [6.07, 6.45) is 0. The third-order valence-electron chi connectivity index (χ3n) is 3.14. The molecule has 0 spiro atoms. The summed E-state index contributed by atoms with van der Waals surface area (Å²) in [7, 11) is 1.77. The van der Waals surface area contributed by atoms with Crippen LogP contribution in [0.4, 0.5) is 0 Å². The molecule has 19 heavy (non-hydrogen) atoms.